The molecule has 22 heavy (non-hydrogen) atoms. The van der Waals surface area contributed by atoms with Crippen LogP contribution in [0.4, 0.5) is 5.69 Å². The maximum absolute atomic E-state index is 12.8. The molecule has 0 saturated heterocycles. The molecular weight excluding hydrogens is 302 g/mol. The zero-order valence-electron chi connectivity index (χ0n) is 12.1. The van der Waals surface area contributed by atoms with E-state index in [0.717, 1.165) is 0 Å². The zero-order valence-corrected chi connectivity index (χ0v) is 13.0. The number of benzene rings is 2. The van der Waals surface area contributed by atoms with Crippen molar-refractivity contribution in [3.63, 3.8) is 0 Å². The van der Waals surface area contributed by atoms with Gasteiger partial charge in [0.15, 0.2) is 0 Å². The third-order valence-corrected chi connectivity index (χ3v) is 5.63. The third-order valence-electron chi connectivity index (χ3n) is 3.80. The highest BCUT2D eigenvalue weighted by Crippen LogP contribution is 2.38. The molecule has 1 N–H and O–H groups in total. The Bertz CT molecular complexity index is 774. The first-order chi connectivity index (χ1) is 10.5. The molecule has 6 heteroatoms. The van der Waals surface area contributed by atoms with Crippen LogP contribution in [0, 0.1) is 0 Å². The number of fused-ring (bicyclic) bond motifs is 1. The molecule has 0 bridgehead atoms. The number of aliphatic hydroxyl groups is 1. The predicted molar refractivity (Wildman–Crippen MR) is 83.5 cm³/mol. The van der Waals surface area contributed by atoms with Gasteiger partial charge < -0.3 is 9.84 Å². The highest BCUT2D eigenvalue weighted by Gasteiger charge is 2.32. The highest BCUT2D eigenvalue weighted by molar-refractivity contribution is 7.92. The van der Waals surface area contributed by atoms with Gasteiger partial charge in [0.2, 0.25) is 0 Å². The van der Waals surface area contributed by atoms with Gasteiger partial charge in [-0.15, -0.1) is 0 Å². The molecule has 0 spiro atoms. The lowest BCUT2D eigenvalue weighted by atomic mass is 10.0. The molecule has 1 heterocycles. The molecule has 0 fully saturated rings. The van der Waals surface area contributed by atoms with Crippen LogP contribution in [-0.2, 0) is 10.0 Å². The molecule has 0 amide bonds. The van der Waals surface area contributed by atoms with E-state index in [0.29, 0.717) is 23.4 Å². The normalized spacial score (nSPS) is 17.9. The SMILES string of the molecule is COc1ccc2c(c1)C(O)CCN2S(=O)(=O)c1ccccc1. The number of methoxy groups -OCH3 is 1. The van der Waals surface area contributed by atoms with Gasteiger partial charge in [-0.1, -0.05) is 18.2 Å². The Morgan fingerprint density at radius 2 is 1.91 bits per heavy atom. The van der Waals surface area contributed by atoms with E-state index in [9.17, 15) is 13.5 Å². The smallest absolute Gasteiger partial charge is 0.264 e. The molecular formula is C16H17NO4S. The first kappa shape index (κ1) is 14.9. The van der Waals surface area contributed by atoms with Crippen molar-refractivity contribution in [3.8, 4) is 5.75 Å². The second kappa shape index (κ2) is 5.62. The van der Waals surface area contributed by atoms with Gasteiger partial charge in [0, 0.05) is 12.1 Å². The van der Waals surface area contributed by atoms with Crippen LogP contribution in [0.25, 0.3) is 0 Å². The summed E-state index contributed by atoms with van der Waals surface area (Å²) in [5.74, 6) is 0.594. The van der Waals surface area contributed by atoms with Crippen LogP contribution >= 0.6 is 0 Å². The monoisotopic (exact) mass is 319 g/mol. The zero-order chi connectivity index (χ0) is 15.7. The minimum Gasteiger partial charge on any atom is -0.497 e. The molecule has 3 rings (SSSR count). The van der Waals surface area contributed by atoms with Gasteiger partial charge in [-0.05, 0) is 36.8 Å². The number of hydrogen-bond donors (Lipinski definition) is 1. The maximum atomic E-state index is 12.8. The highest BCUT2D eigenvalue weighted by atomic mass is 32.2. The summed E-state index contributed by atoms with van der Waals surface area (Å²) in [6.07, 6.45) is -0.334. The summed E-state index contributed by atoms with van der Waals surface area (Å²) in [4.78, 5) is 0.244. The van der Waals surface area contributed by atoms with Gasteiger partial charge in [0.05, 0.1) is 23.8 Å². The molecule has 0 aromatic heterocycles. The van der Waals surface area contributed by atoms with E-state index in [-0.39, 0.29) is 11.4 Å². The fourth-order valence-corrected chi connectivity index (χ4v) is 4.16. The summed E-state index contributed by atoms with van der Waals surface area (Å²) in [6.45, 7) is 0.248. The van der Waals surface area contributed by atoms with Crippen LogP contribution in [0.1, 0.15) is 18.1 Å². The average molecular weight is 319 g/mol. The van der Waals surface area contributed by atoms with Gasteiger partial charge in [0.1, 0.15) is 5.75 Å². The Morgan fingerprint density at radius 1 is 1.18 bits per heavy atom. The third kappa shape index (κ3) is 2.44. The largest absolute Gasteiger partial charge is 0.497 e. The molecule has 0 radical (unpaired) electrons. The van der Waals surface area contributed by atoms with E-state index in [1.165, 1.54) is 11.4 Å². The summed E-state index contributed by atoms with van der Waals surface area (Å²) in [6, 6.07) is 13.4. The predicted octanol–water partition coefficient (Wildman–Crippen LogP) is 2.33. The van der Waals surface area contributed by atoms with Gasteiger partial charge in [-0.2, -0.15) is 0 Å². The molecule has 1 aliphatic heterocycles. The van der Waals surface area contributed by atoms with E-state index in [1.54, 1.807) is 48.5 Å². The van der Waals surface area contributed by atoms with E-state index in [1.807, 2.05) is 0 Å². The fraction of sp³-hybridized carbons (Fsp3) is 0.250. The molecule has 5 nitrogen and oxygen atoms in total. The van der Waals surface area contributed by atoms with Crippen LogP contribution in [0.5, 0.6) is 5.75 Å². The van der Waals surface area contributed by atoms with Crippen molar-refractivity contribution < 1.29 is 18.3 Å². The lowest BCUT2D eigenvalue weighted by molar-refractivity contribution is 0.166. The van der Waals surface area contributed by atoms with Crippen LogP contribution in [0.2, 0.25) is 0 Å². The molecule has 1 unspecified atom stereocenters. The van der Waals surface area contributed by atoms with Gasteiger partial charge in [-0.25, -0.2) is 8.42 Å². The summed E-state index contributed by atoms with van der Waals surface area (Å²) in [7, 11) is -2.10. The van der Waals surface area contributed by atoms with E-state index >= 15 is 0 Å². The standard InChI is InChI=1S/C16H17NO4S/c1-21-12-7-8-15-14(11-12)16(18)9-10-17(15)22(19,20)13-5-3-2-4-6-13/h2-8,11,16,18H,9-10H2,1H3. The Kier molecular flexibility index (Phi) is 3.80. The van der Waals surface area contributed by atoms with E-state index in [2.05, 4.69) is 0 Å². The van der Waals surface area contributed by atoms with Crippen molar-refractivity contribution in [3.05, 3.63) is 54.1 Å². The lowest BCUT2D eigenvalue weighted by Crippen LogP contribution is -2.36. The Balaban J connectivity index is 2.10. The van der Waals surface area contributed by atoms with Gasteiger partial charge in [0.25, 0.3) is 10.0 Å². The molecule has 1 aliphatic rings. The number of aliphatic hydroxyl groups excluding tert-OH is 1. The Hall–Kier alpha value is -2.05. The molecule has 0 saturated carbocycles. The fourth-order valence-electron chi connectivity index (χ4n) is 2.64. The minimum atomic E-state index is -3.64. The second-order valence-electron chi connectivity index (χ2n) is 5.12. The van der Waals surface area contributed by atoms with Crippen molar-refractivity contribution >= 4 is 15.7 Å². The van der Waals surface area contributed by atoms with Crippen molar-refractivity contribution in [1.82, 2.24) is 0 Å². The van der Waals surface area contributed by atoms with Crippen molar-refractivity contribution in [2.24, 2.45) is 0 Å². The lowest BCUT2D eigenvalue weighted by Gasteiger charge is -2.33. The maximum Gasteiger partial charge on any atom is 0.264 e. The van der Waals surface area contributed by atoms with Crippen molar-refractivity contribution in [1.29, 1.82) is 0 Å². The molecule has 1 atom stereocenters. The van der Waals surface area contributed by atoms with Crippen LogP contribution < -0.4 is 9.04 Å². The molecule has 2 aromatic carbocycles. The average Bonchev–Trinajstić information content (AvgIpc) is 2.55. The number of ether oxygens (including phenoxy) is 1. The topological polar surface area (TPSA) is 66.8 Å². The molecule has 2 aromatic rings. The quantitative estimate of drug-likeness (QED) is 0.943. The number of sulfonamides is 1. The second-order valence-corrected chi connectivity index (χ2v) is 6.98. The number of rotatable bonds is 3. The summed E-state index contributed by atoms with van der Waals surface area (Å²) in [5.41, 5.74) is 1.08. The van der Waals surface area contributed by atoms with Gasteiger partial charge >= 0.3 is 0 Å². The number of anilines is 1. The van der Waals surface area contributed by atoms with Gasteiger partial charge in [-0.3, -0.25) is 4.31 Å². The van der Waals surface area contributed by atoms with Crippen LogP contribution in [0.15, 0.2) is 53.4 Å². The number of nitrogens with zero attached hydrogens (tertiary/aromatic N) is 1. The van der Waals surface area contributed by atoms with Crippen molar-refractivity contribution in [2.45, 2.75) is 17.4 Å². The first-order valence-electron chi connectivity index (χ1n) is 6.98. The van der Waals surface area contributed by atoms with Crippen LogP contribution in [0.3, 0.4) is 0 Å². The van der Waals surface area contributed by atoms with E-state index < -0.39 is 16.1 Å². The van der Waals surface area contributed by atoms with Crippen molar-refractivity contribution in [2.75, 3.05) is 18.0 Å². The van der Waals surface area contributed by atoms with Crippen LogP contribution in [-0.4, -0.2) is 27.2 Å². The number of hydrogen-bond acceptors (Lipinski definition) is 4. The first-order valence-corrected chi connectivity index (χ1v) is 8.42. The minimum absolute atomic E-state index is 0.244. The summed E-state index contributed by atoms with van der Waals surface area (Å²) in [5, 5.41) is 10.2. The summed E-state index contributed by atoms with van der Waals surface area (Å²) >= 11 is 0. The van der Waals surface area contributed by atoms with E-state index in [4.69, 9.17) is 4.74 Å². The molecule has 0 aliphatic carbocycles. The Morgan fingerprint density at radius 3 is 2.59 bits per heavy atom. The summed E-state index contributed by atoms with van der Waals surface area (Å²) < 4.78 is 32.2. The Labute approximate surface area is 129 Å². The molecule has 116 valence electrons.